The highest BCUT2D eigenvalue weighted by molar-refractivity contribution is 5.32. The third-order valence-corrected chi connectivity index (χ3v) is 7.21. The van der Waals surface area contributed by atoms with Crippen LogP contribution in [0.3, 0.4) is 0 Å². The highest BCUT2D eigenvalue weighted by Crippen LogP contribution is 2.61. The fourth-order valence-corrected chi connectivity index (χ4v) is 5.80. The maximum Gasteiger partial charge on any atom is 0.0487 e. The lowest BCUT2D eigenvalue weighted by Gasteiger charge is -2.56. The van der Waals surface area contributed by atoms with E-state index in [4.69, 9.17) is 0 Å². The number of aliphatic hydroxyl groups excluding tert-OH is 1. The topological polar surface area (TPSA) is 20.2 Å². The molecule has 3 aliphatic carbocycles. The van der Waals surface area contributed by atoms with E-state index >= 15 is 0 Å². The molecule has 0 aromatic carbocycles. The molecule has 0 saturated heterocycles. The van der Waals surface area contributed by atoms with E-state index in [-0.39, 0.29) is 5.41 Å². The first-order chi connectivity index (χ1) is 9.90. The summed E-state index contributed by atoms with van der Waals surface area (Å²) in [5, 5.41) is 10.0. The Hall–Kier alpha value is -0.560. The monoisotopic (exact) mass is 288 g/mol. The van der Waals surface area contributed by atoms with Crippen molar-refractivity contribution in [2.45, 2.75) is 72.1 Å². The van der Waals surface area contributed by atoms with E-state index in [1.165, 1.54) is 56.9 Å². The van der Waals surface area contributed by atoms with Gasteiger partial charge in [-0.05, 0) is 67.6 Å². The fraction of sp³-hybridized carbons (Fsp3) is 0.800. The lowest BCUT2D eigenvalue weighted by molar-refractivity contribution is -0.0390. The first-order valence-corrected chi connectivity index (χ1v) is 8.90. The van der Waals surface area contributed by atoms with Crippen LogP contribution in [-0.2, 0) is 0 Å². The molecule has 118 valence electrons. The number of aliphatic hydroxyl groups is 1. The molecule has 0 unspecified atom stereocenters. The van der Waals surface area contributed by atoms with Crippen LogP contribution in [0, 0.1) is 22.7 Å². The molecular formula is C20H32O. The summed E-state index contributed by atoms with van der Waals surface area (Å²) in [4.78, 5) is 0. The average molecular weight is 288 g/mol. The van der Waals surface area contributed by atoms with Gasteiger partial charge in [-0.15, -0.1) is 0 Å². The van der Waals surface area contributed by atoms with Crippen molar-refractivity contribution in [3.05, 3.63) is 23.3 Å². The fourth-order valence-electron chi connectivity index (χ4n) is 5.80. The second-order valence-corrected chi connectivity index (χ2v) is 8.52. The molecule has 3 rings (SSSR count). The number of allylic oxidation sites excluding steroid dienone is 3. The van der Waals surface area contributed by atoms with Gasteiger partial charge in [-0.3, -0.25) is 0 Å². The van der Waals surface area contributed by atoms with Crippen molar-refractivity contribution in [2.24, 2.45) is 22.7 Å². The van der Waals surface area contributed by atoms with Crippen LogP contribution in [0.1, 0.15) is 72.1 Å². The van der Waals surface area contributed by atoms with Crippen molar-refractivity contribution in [3.63, 3.8) is 0 Å². The second-order valence-electron chi connectivity index (χ2n) is 8.52. The van der Waals surface area contributed by atoms with E-state index in [0.29, 0.717) is 23.9 Å². The van der Waals surface area contributed by atoms with Gasteiger partial charge in [0.05, 0.1) is 0 Å². The van der Waals surface area contributed by atoms with Gasteiger partial charge < -0.3 is 5.11 Å². The highest BCUT2D eigenvalue weighted by atomic mass is 16.3. The van der Waals surface area contributed by atoms with Gasteiger partial charge in [0.2, 0.25) is 0 Å². The Morgan fingerprint density at radius 3 is 2.67 bits per heavy atom. The summed E-state index contributed by atoms with van der Waals surface area (Å²) in [7, 11) is 0. The normalized spacial score (nSPS) is 44.1. The van der Waals surface area contributed by atoms with E-state index in [9.17, 15) is 5.11 Å². The Balaban J connectivity index is 1.99. The summed E-state index contributed by atoms with van der Waals surface area (Å²) in [6.07, 6.45) is 10.0. The van der Waals surface area contributed by atoms with Crippen LogP contribution in [0.5, 0.6) is 0 Å². The standard InChI is InChI=1S/C20H32O/c1-14-6-8-17-16(12-15(14)2)7-9-18-19(3,13-21)10-5-11-20(17,18)4/h15,18,21H,1,5-13H2,2-4H3/t15-,18-,19+,20+/m0/s1. The summed E-state index contributed by atoms with van der Waals surface area (Å²) >= 11 is 0. The van der Waals surface area contributed by atoms with Gasteiger partial charge in [-0.1, -0.05) is 50.5 Å². The van der Waals surface area contributed by atoms with Crippen LogP contribution >= 0.6 is 0 Å². The molecule has 1 nitrogen and oxygen atoms in total. The van der Waals surface area contributed by atoms with Crippen molar-refractivity contribution in [2.75, 3.05) is 6.61 Å². The van der Waals surface area contributed by atoms with Crippen LogP contribution in [0.2, 0.25) is 0 Å². The summed E-state index contributed by atoms with van der Waals surface area (Å²) in [5.41, 5.74) is 5.45. The molecular weight excluding hydrogens is 256 g/mol. The predicted octanol–water partition coefficient (Wildman–Crippen LogP) is 5.26. The van der Waals surface area contributed by atoms with Crippen molar-refractivity contribution in [1.29, 1.82) is 0 Å². The largest absolute Gasteiger partial charge is 0.396 e. The maximum absolute atomic E-state index is 10.0. The number of rotatable bonds is 1. The van der Waals surface area contributed by atoms with E-state index in [1.54, 1.807) is 11.1 Å². The van der Waals surface area contributed by atoms with Crippen molar-refractivity contribution >= 4 is 0 Å². The molecule has 0 aromatic heterocycles. The smallest absolute Gasteiger partial charge is 0.0487 e. The molecule has 0 bridgehead atoms. The molecule has 1 saturated carbocycles. The molecule has 0 heterocycles. The molecule has 0 spiro atoms. The zero-order valence-corrected chi connectivity index (χ0v) is 14.2. The SMILES string of the molecule is C=C1CCC2=C(CC[C@H]3[C@@](C)(CO)CCC[C@]23C)C[C@@H]1C. The van der Waals surface area contributed by atoms with Crippen molar-refractivity contribution in [3.8, 4) is 0 Å². The first-order valence-electron chi connectivity index (χ1n) is 8.90. The number of hydrogen-bond donors (Lipinski definition) is 1. The number of fused-ring (bicyclic) bond motifs is 2. The molecule has 0 radical (unpaired) electrons. The maximum atomic E-state index is 10.0. The van der Waals surface area contributed by atoms with Gasteiger partial charge in [0.25, 0.3) is 0 Å². The van der Waals surface area contributed by atoms with Gasteiger partial charge in [-0.2, -0.15) is 0 Å². The van der Waals surface area contributed by atoms with E-state index in [2.05, 4.69) is 27.4 Å². The van der Waals surface area contributed by atoms with E-state index in [1.807, 2.05) is 0 Å². The minimum Gasteiger partial charge on any atom is -0.396 e. The molecule has 21 heavy (non-hydrogen) atoms. The third-order valence-electron chi connectivity index (χ3n) is 7.21. The molecule has 0 aromatic rings. The summed E-state index contributed by atoms with van der Waals surface area (Å²) < 4.78 is 0. The summed E-state index contributed by atoms with van der Waals surface area (Å²) in [6, 6.07) is 0. The van der Waals surface area contributed by atoms with Gasteiger partial charge in [0, 0.05) is 6.61 Å². The summed E-state index contributed by atoms with van der Waals surface area (Å²) in [5.74, 6) is 1.33. The van der Waals surface area contributed by atoms with Crippen LogP contribution in [0.4, 0.5) is 0 Å². The predicted molar refractivity (Wildman–Crippen MR) is 89.1 cm³/mol. The molecule has 1 N–H and O–H groups in total. The molecule has 4 atom stereocenters. The number of hydrogen-bond acceptors (Lipinski definition) is 1. The van der Waals surface area contributed by atoms with Crippen LogP contribution in [-0.4, -0.2) is 11.7 Å². The minimum atomic E-state index is 0.139. The van der Waals surface area contributed by atoms with Crippen LogP contribution in [0.25, 0.3) is 0 Å². The minimum absolute atomic E-state index is 0.139. The van der Waals surface area contributed by atoms with Gasteiger partial charge in [0.15, 0.2) is 0 Å². The molecule has 3 aliphatic rings. The quantitative estimate of drug-likeness (QED) is 0.653. The molecule has 0 amide bonds. The Morgan fingerprint density at radius 1 is 1.19 bits per heavy atom. The van der Waals surface area contributed by atoms with Gasteiger partial charge in [-0.25, -0.2) is 0 Å². The third kappa shape index (κ3) is 2.32. The van der Waals surface area contributed by atoms with E-state index in [0.717, 1.165) is 0 Å². The lowest BCUT2D eigenvalue weighted by atomic mass is 9.49. The highest BCUT2D eigenvalue weighted by Gasteiger charge is 2.52. The average Bonchev–Trinajstić information content (AvgIpc) is 2.59. The van der Waals surface area contributed by atoms with Crippen molar-refractivity contribution < 1.29 is 5.11 Å². The van der Waals surface area contributed by atoms with Crippen molar-refractivity contribution in [1.82, 2.24) is 0 Å². The second kappa shape index (κ2) is 5.26. The van der Waals surface area contributed by atoms with Gasteiger partial charge >= 0.3 is 0 Å². The zero-order valence-electron chi connectivity index (χ0n) is 14.2. The van der Waals surface area contributed by atoms with E-state index < -0.39 is 0 Å². The van der Waals surface area contributed by atoms with Crippen LogP contribution < -0.4 is 0 Å². The Bertz CT molecular complexity index is 474. The zero-order chi connectivity index (χ0) is 15.3. The first kappa shape index (κ1) is 15.3. The molecule has 1 fully saturated rings. The Labute approximate surface area is 130 Å². The molecule has 0 aliphatic heterocycles. The Kier molecular flexibility index (Phi) is 3.84. The van der Waals surface area contributed by atoms with Crippen LogP contribution in [0.15, 0.2) is 23.3 Å². The lowest BCUT2D eigenvalue weighted by Crippen LogP contribution is -2.48. The van der Waals surface area contributed by atoms with Gasteiger partial charge in [0.1, 0.15) is 0 Å². The molecule has 1 heteroatoms. The Morgan fingerprint density at radius 2 is 1.95 bits per heavy atom. The summed E-state index contributed by atoms with van der Waals surface area (Å²) in [6.45, 7) is 11.9.